The van der Waals surface area contributed by atoms with E-state index in [2.05, 4.69) is 23.2 Å². The molecule has 0 atom stereocenters. The second kappa shape index (κ2) is 7.11. The molecule has 0 saturated carbocycles. The third-order valence-corrected chi connectivity index (χ3v) is 5.11. The zero-order valence-electron chi connectivity index (χ0n) is 14.2. The first-order valence-electron chi connectivity index (χ1n) is 7.92. The van der Waals surface area contributed by atoms with E-state index in [0.717, 1.165) is 4.90 Å². The Hall–Kier alpha value is -2.60. The molecule has 0 fully saturated rings. The monoisotopic (exact) mass is 353 g/mol. The predicted octanol–water partition coefficient (Wildman–Crippen LogP) is 2.79. The van der Waals surface area contributed by atoms with Gasteiger partial charge in [0.2, 0.25) is 5.91 Å². The molecule has 0 aliphatic carbocycles. The van der Waals surface area contributed by atoms with Crippen LogP contribution in [0.3, 0.4) is 0 Å². The van der Waals surface area contributed by atoms with Crippen LogP contribution in [0.15, 0.2) is 52.2 Å². The lowest BCUT2D eigenvalue weighted by Gasteiger charge is -2.13. The summed E-state index contributed by atoms with van der Waals surface area (Å²) in [5.41, 5.74) is 8.06. The van der Waals surface area contributed by atoms with Crippen molar-refractivity contribution in [3.05, 3.63) is 69.8 Å². The van der Waals surface area contributed by atoms with Crippen molar-refractivity contribution in [3.8, 4) is 0 Å². The van der Waals surface area contributed by atoms with E-state index in [1.807, 2.05) is 19.9 Å². The molecule has 0 aliphatic rings. The van der Waals surface area contributed by atoms with Gasteiger partial charge < -0.3 is 5.73 Å². The Kier molecular flexibility index (Phi) is 4.90. The molecule has 1 heterocycles. The van der Waals surface area contributed by atoms with E-state index in [0.29, 0.717) is 22.5 Å². The number of thioether (sulfide) groups is 1. The van der Waals surface area contributed by atoms with Gasteiger partial charge in [0.15, 0.2) is 0 Å². The Balaban J connectivity index is 2.03. The van der Waals surface area contributed by atoms with Crippen molar-refractivity contribution in [2.45, 2.75) is 31.0 Å². The third-order valence-electron chi connectivity index (χ3n) is 3.96. The molecule has 0 bridgehead atoms. The van der Waals surface area contributed by atoms with Gasteiger partial charge in [0.1, 0.15) is 12.4 Å². The fraction of sp³-hybridized carbons (Fsp3) is 0.211. The number of carbonyl (C=O) groups is 1. The van der Waals surface area contributed by atoms with Crippen molar-refractivity contribution in [1.29, 1.82) is 0 Å². The zero-order chi connectivity index (χ0) is 18.0. The highest BCUT2D eigenvalue weighted by atomic mass is 32.2. The summed E-state index contributed by atoms with van der Waals surface area (Å²) in [5.74, 6) is 0.475. The van der Waals surface area contributed by atoms with Crippen molar-refractivity contribution in [1.82, 2.24) is 9.55 Å². The second-order valence-electron chi connectivity index (χ2n) is 5.96. The van der Waals surface area contributed by atoms with Crippen molar-refractivity contribution < 1.29 is 4.79 Å². The van der Waals surface area contributed by atoms with Gasteiger partial charge in [-0.1, -0.05) is 29.8 Å². The van der Waals surface area contributed by atoms with Gasteiger partial charge in [-0.05, 0) is 37.6 Å². The Morgan fingerprint density at radius 2 is 1.96 bits per heavy atom. The maximum absolute atomic E-state index is 12.7. The van der Waals surface area contributed by atoms with E-state index < -0.39 is 5.91 Å². The van der Waals surface area contributed by atoms with E-state index >= 15 is 0 Å². The first-order valence-corrected chi connectivity index (χ1v) is 8.91. The Labute approximate surface area is 149 Å². The van der Waals surface area contributed by atoms with Gasteiger partial charge in [-0.15, -0.1) is 11.8 Å². The molecular weight excluding hydrogens is 334 g/mol. The molecule has 25 heavy (non-hydrogen) atoms. The number of para-hydroxylation sites is 1. The number of rotatable bonds is 5. The number of hydrogen-bond acceptors (Lipinski definition) is 4. The lowest BCUT2D eigenvalue weighted by Crippen LogP contribution is -2.31. The van der Waals surface area contributed by atoms with E-state index in [1.165, 1.54) is 15.7 Å². The minimum atomic E-state index is -0.558. The number of carbonyl (C=O) groups excluding carboxylic acids is 1. The average molecular weight is 353 g/mol. The predicted molar refractivity (Wildman–Crippen MR) is 101 cm³/mol. The van der Waals surface area contributed by atoms with Gasteiger partial charge in [0.05, 0.1) is 16.7 Å². The normalized spacial score (nSPS) is 11.0. The van der Waals surface area contributed by atoms with Crippen molar-refractivity contribution >= 4 is 28.6 Å². The molecule has 6 heteroatoms. The fourth-order valence-corrected chi connectivity index (χ4v) is 3.72. The summed E-state index contributed by atoms with van der Waals surface area (Å²) in [6.45, 7) is 3.92. The molecule has 0 spiro atoms. The molecule has 5 nitrogen and oxygen atoms in total. The molecule has 128 valence electrons. The Morgan fingerprint density at radius 1 is 1.20 bits per heavy atom. The molecule has 1 aromatic heterocycles. The summed E-state index contributed by atoms with van der Waals surface area (Å²) in [4.78, 5) is 29.9. The summed E-state index contributed by atoms with van der Waals surface area (Å²) < 4.78 is 1.38. The molecule has 3 rings (SSSR count). The topological polar surface area (TPSA) is 78.0 Å². The number of fused-ring (bicyclic) bond motifs is 1. The van der Waals surface area contributed by atoms with Crippen molar-refractivity contribution in [3.63, 3.8) is 0 Å². The van der Waals surface area contributed by atoms with E-state index in [9.17, 15) is 9.59 Å². The standard InChI is InChI=1S/C19H19N3O2S/c1-12-7-8-13(2)16(9-12)25-11-18-21-15-6-4-3-5-14(15)19(24)22(18)10-17(20)23/h3-9H,10-11H2,1-2H3,(H2,20,23). The van der Waals surface area contributed by atoms with Crippen LogP contribution in [-0.4, -0.2) is 15.5 Å². The first kappa shape index (κ1) is 17.2. The van der Waals surface area contributed by atoms with Crippen LogP contribution in [0.5, 0.6) is 0 Å². The second-order valence-corrected chi connectivity index (χ2v) is 6.98. The molecular formula is C19H19N3O2S. The highest BCUT2D eigenvalue weighted by molar-refractivity contribution is 7.98. The summed E-state index contributed by atoms with van der Waals surface area (Å²) >= 11 is 1.60. The smallest absolute Gasteiger partial charge is 0.261 e. The number of nitrogens with two attached hydrogens (primary N) is 1. The zero-order valence-corrected chi connectivity index (χ0v) is 15.0. The number of hydrogen-bond donors (Lipinski definition) is 1. The molecule has 1 amide bonds. The number of primary amides is 1. The van der Waals surface area contributed by atoms with Crippen LogP contribution in [0.25, 0.3) is 10.9 Å². The van der Waals surface area contributed by atoms with Crippen LogP contribution in [0.2, 0.25) is 0 Å². The lowest BCUT2D eigenvalue weighted by molar-refractivity contribution is -0.118. The van der Waals surface area contributed by atoms with Crippen LogP contribution in [-0.2, 0) is 17.1 Å². The number of amides is 1. The molecule has 0 aliphatic heterocycles. The Morgan fingerprint density at radius 3 is 2.72 bits per heavy atom. The molecule has 0 radical (unpaired) electrons. The quantitative estimate of drug-likeness (QED) is 0.716. The summed E-state index contributed by atoms with van der Waals surface area (Å²) in [7, 11) is 0. The number of aryl methyl sites for hydroxylation is 2. The van der Waals surface area contributed by atoms with Gasteiger partial charge in [0.25, 0.3) is 5.56 Å². The van der Waals surface area contributed by atoms with Gasteiger partial charge >= 0.3 is 0 Å². The van der Waals surface area contributed by atoms with Gasteiger partial charge in [-0.3, -0.25) is 14.2 Å². The Bertz CT molecular complexity index is 1010. The maximum atomic E-state index is 12.7. The van der Waals surface area contributed by atoms with E-state index in [4.69, 9.17) is 5.73 Å². The van der Waals surface area contributed by atoms with E-state index in [-0.39, 0.29) is 12.1 Å². The number of nitrogens with zero attached hydrogens (tertiary/aromatic N) is 2. The molecule has 2 aromatic carbocycles. The third kappa shape index (κ3) is 3.74. The summed E-state index contributed by atoms with van der Waals surface area (Å²) in [6, 6.07) is 13.4. The minimum Gasteiger partial charge on any atom is -0.368 e. The van der Waals surface area contributed by atoms with Crippen molar-refractivity contribution in [2.75, 3.05) is 0 Å². The number of aromatic nitrogens is 2. The van der Waals surface area contributed by atoms with Crippen LogP contribution < -0.4 is 11.3 Å². The van der Waals surface area contributed by atoms with Gasteiger partial charge in [0, 0.05) is 4.90 Å². The SMILES string of the molecule is Cc1ccc(C)c(SCc2nc3ccccc3c(=O)n2CC(N)=O)c1. The summed E-state index contributed by atoms with van der Waals surface area (Å²) in [5, 5.41) is 0.490. The maximum Gasteiger partial charge on any atom is 0.261 e. The molecule has 0 saturated heterocycles. The number of benzene rings is 2. The highest BCUT2D eigenvalue weighted by Gasteiger charge is 2.13. The minimum absolute atomic E-state index is 0.167. The summed E-state index contributed by atoms with van der Waals surface area (Å²) in [6.07, 6.45) is 0. The van der Waals surface area contributed by atoms with Crippen LogP contribution in [0.4, 0.5) is 0 Å². The van der Waals surface area contributed by atoms with Crippen LogP contribution >= 0.6 is 11.8 Å². The average Bonchev–Trinajstić information content (AvgIpc) is 2.58. The lowest BCUT2D eigenvalue weighted by atomic mass is 10.2. The molecule has 0 unspecified atom stereocenters. The van der Waals surface area contributed by atoms with Crippen LogP contribution in [0.1, 0.15) is 17.0 Å². The van der Waals surface area contributed by atoms with Gasteiger partial charge in [-0.2, -0.15) is 0 Å². The largest absolute Gasteiger partial charge is 0.368 e. The molecule has 2 N–H and O–H groups in total. The highest BCUT2D eigenvalue weighted by Crippen LogP contribution is 2.26. The van der Waals surface area contributed by atoms with Gasteiger partial charge in [-0.25, -0.2) is 4.98 Å². The van der Waals surface area contributed by atoms with Crippen LogP contribution in [0, 0.1) is 13.8 Å². The van der Waals surface area contributed by atoms with Crippen molar-refractivity contribution in [2.24, 2.45) is 5.73 Å². The first-order chi connectivity index (χ1) is 12.0. The van der Waals surface area contributed by atoms with E-state index in [1.54, 1.807) is 30.0 Å². The molecule has 3 aromatic rings. The fourth-order valence-electron chi connectivity index (χ4n) is 2.65.